The predicted octanol–water partition coefficient (Wildman–Crippen LogP) is 3.22. The first-order valence-electron chi connectivity index (χ1n) is 6.43. The van der Waals surface area contributed by atoms with E-state index >= 15 is 0 Å². The summed E-state index contributed by atoms with van der Waals surface area (Å²) in [6.07, 6.45) is -1.08. The van der Waals surface area contributed by atoms with Gasteiger partial charge >= 0.3 is 0 Å². The fourth-order valence-corrected chi connectivity index (χ4v) is 2.58. The van der Waals surface area contributed by atoms with Crippen molar-refractivity contribution in [2.24, 2.45) is 0 Å². The highest BCUT2D eigenvalue weighted by molar-refractivity contribution is 5.57. The molecule has 5 heteroatoms. The third kappa shape index (κ3) is 2.71. The maximum Gasteiger partial charge on any atom is 0.253 e. The van der Waals surface area contributed by atoms with Crippen LogP contribution in [0.25, 0.3) is 0 Å². The van der Waals surface area contributed by atoms with E-state index in [0.29, 0.717) is 11.3 Å². The molecule has 1 aromatic rings. The lowest BCUT2D eigenvalue weighted by molar-refractivity contribution is -0.0367. The minimum atomic E-state index is -2.68. The quantitative estimate of drug-likeness (QED) is 0.889. The molecule has 0 aliphatic carbocycles. The van der Waals surface area contributed by atoms with Crippen LogP contribution in [0, 0.1) is 19.7 Å². The third-order valence-corrected chi connectivity index (χ3v) is 3.72. The van der Waals surface area contributed by atoms with Crippen molar-refractivity contribution in [1.82, 2.24) is 5.32 Å². The van der Waals surface area contributed by atoms with Gasteiger partial charge in [-0.3, -0.25) is 0 Å². The Balaban J connectivity index is 2.39. The van der Waals surface area contributed by atoms with Crippen LogP contribution in [-0.2, 0) is 0 Å². The van der Waals surface area contributed by atoms with E-state index in [1.807, 2.05) is 6.07 Å². The van der Waals surface area contributed by atoms with Gasteiger partial charge in [-0.15, -0.1) is 0 Å². The molecule has 1 heterocycles. The summed E-state index contributed by atoms with van der Waals surface area (Å²) >= 11 is 0. The van der Waals surface area contributed by atoms with E-state index in [9.17, 15) is 13.2 Å². The Morgan fingerprint density at radius 1 is 1.26 bits per heavy atom. The average Bonchev–Trinajstić information content (AvgIpc) is 2.35. The fraction of sp³-hybridized carbons (Fsp3) is 0.571. The van der Waals surface area contributed by atoms with E-state index in [4.69, 9.17) is 0 Å². The van der Waals surface area contributed by atoms with E-state index in [2.05, 4.69) is 5.32 Å². The molecule has 0 radical (unpaired) electrons. The molecule has 2 rings (SSSR count). The largest absolute Gasteiger partial charge is 0.353 e. The zero-order chi connectivity index (χ0) is 14.2. The zero-order valence-electron chi connectivity index (χ0n) is 11.4. The van der Waals surface area contributed by atoms with Crippen molar-refractivity contribution < 1.29 is 13.2 Å². The highest BCUT2D eigenvalue weighted by Gasteiger charge is 2.40. The standard InChI is InChI=1S/C14H19F3N2/c1-9-4-5-10(2)13(12(9)15)19-7-6-14(16,17)8-11(19)18-3/h4-5,11,18H,6-8H2,1-3H3. The number of piperidine rings is 1. The van der Waals surface area contributed by atoms with Gasteiger partial charge in [-0.25, -0.2) is 13.2 Å². The molecule has 1 aliphatic rings. The molecule has 2 nitrogen and oxygen atoms in total. The monoisotopic (exact) mass is 272 g/mol. The lowest BCUT2D eigenvalue weighted by Crippen LogP contribution is -2.53. The van der Waals surface area contributed by atoms with Gasteiger partial charge in [-0.2, -0.15) is 0 Å². The van der Waals surface area contributed by atoms with Crippen LogP contribution < -0.4 is 10.2 Å². The topological polar surface area (TPSA) is 15.3 Å². The van der Waals surface area contributed by atoms with E-state index in [-0.39, 0.29) is 25.2 Å². The minimum absolute atomic E-state index is 0.153. The number of hydrogen-bond acceptors (Lipinski definition) is 2. The molecule has 1 aromatic carbocycles. The first-order valence-corrected chi connectivity index (χ1v) is 6.43. The summed E-state index contributed by atoms with van der Waals surface area (Å²) in [7, 11) is 1.63. The normalized spacial score (nSPS) is 22.6. The second kappa shape index (κ2) is 5.04. The summed E-state index contributed by atoms with van der Waals surface area (Å²) in [5.74, 6) is -3.00. The van der Waals surface area contributed by atoms with Crippen LogP contribution in [0.3, 0.4) is 0 Å². The number of benzene rings is 1. The lowest BCUT2D eigenvalue weighted by Gasteiger charge is -2.41. The maximum atomic E-state index is 14.3. The Bertz CT molecular complexity index is 474. The molecular weight excluding hydrogens is 253 g/mol. The molecule has 1 fully saturated rings. The van der Waals surface area contributed by atoms with Crippen molar-refractivity contribution in [3.8, 4) is 0 Å². The van der Waals surface area contributed by atoms with Crippen LogP contribution in [-0.4, -0.2) is 25.7 Å². The number of halogens is 3. The van der Waals surface area contributed by atoms with Crippen LogP contribution in [0.4, 0.5) is 18.9 Å². The number of alkyl halides is 2. The van der Waals surface area contributed by atoms with Crippen molar-refractivity contribution in [1.29, 1.82) is 0 Å². The highest BCUT2D eigenvalue weighted by Crippen LogP contribution is 2.36. The number of nitrogens with zero attached hydrogens (tertiary/aromatic N) is 1. The van der Waals surface area contributed by atoms with Crippen LogP contribution in [0.1, 0.15) is 24.0 Å². The molecule has 0 amide bonds. The molecule has 106 valence electrons. The molecule has 1 aliphatic heterocycles. The van der Waals surface area contributed by atoms with Crippen LogP contribution >= 0.6 is 0 Å². The van der Waals surface area contributed by atoms with Crippen LogP contribution in [0.2, 0.25) is 0 Å². The van der Waals surface area contributed by atoms with Gasteiger partial charge in [0.2, 0.25) is 0 Å². The van der Waals surface area contributed by atoms with Crippen molar-refractivity contribution in [2.45, 2.75) is 38.8 Å². The molecule has 0 aromatic heterocycles. The molecule has 1 N–H and O–H groups in total. The highest BCUT2D eigenvalue weighted by atomic mass is 19.3. The molecule has 1 atom stereocenters. The van der Waals surface area contributed by atoms with Gasteiger partial charge in [-0.05, 0) is 32.0 Å². The Morgan fingerprint density at radius 3 is 2.53 bits per heavy atom. The second-order valence-corrected chi connectivity index (χ2v) is 5.17. The van der Waals surface area contributed by atoms with Crippen LogP contribution in [0.5, 0.6) is 0 Å². The van der Waals surface area contributed by atoms with Crippen molar-refractivity contribution >= 4 is 5.69 Å². The van der Waals surface area contributed by atoms with Gasteiger partial charge in [0.25, 0.3) is 5.92 Å². The van der Waals surface area contributed by atoms with E-state index in [0.717, 1.165) is 5.56 Å². The summed E-state index contributed by atoms with van der Waals surface area (Å²) in [5, 5.41) is 2.86. The third-order valence-electron chi connectivity index (χ3n) is 3.72. The van der Waals surface area contributed by atoms with Gasteiger partial charge in [-0.1, -0.05) is 12.1 Å². The van der Waals surface area contributed by atoms with Crippen molar-refractivity contribution in [3.63, 3.8) is 0 Å². The van der Waals surface area contributed by atoms with Gasteiger partial charge in [0.05, 0.1) is 11.9 Å². The number of nitrogens with one attached hydrogen (secondary N) is 1. The molecule has 0 spiro atoms. The van der Waals surface area contributed by atoms with Crippen molar-refractivity contribution in [3.05, 3.63) is 29.1 Å². The molecule has 19 heavy (non-hydrogen) atoms. The summed E-state index contributed by atoms with van der Waals surface area (Å²) in [5.41, 5.74) is 1.75. The van der Waals surface area contributed by atoms with Gasteiger partial charge in [0.1, 0.15) is 5.82 Å². The first kappa shape index (κ1) is 14.2. The summed E-state index contributed by atoms with van der Waals surface area (Å²) in [4.78, 5) is 1.72. The zero-order valence-corrected chi connectivity index (χ0v) is 11.4. The van der Waals surface area contributed by atoms with Gasteiger partial charge in [0.15, 0.2) is 0 Å². The Kier molecular flexibility index (Phi) is 3.76. The predicted molar refractivity (Wildman–Crippen MR) is 70.2 cm³/mol. The molecular formula is C14H19F3N2. The van der Waals surface area contributed by atoms with Crippen molar-refractivity contribution in [2.75, 3.05) is 18.5 Å². The first-order chi connectivity index (χ1) is 8.85. The SMILES string of the molecule is CNC1CC(F)(F)CCN1c1c(C)ccc(C)c1F. The molecule has 0 saturated carbocycles. The Hall–Kier alpha value is -1.23. The molecule has 1 unspecified atom stereocenters. The van der Waals surface area contributed by atoms with E-state index < -0.39 is 12.1 Å². The lowest BCUT2D eigenvalue weighted by atomic mass is 10.0. The number of hydrogen-bond donors (Lipinski definition) is 1. The summed E-state index contributed by atoms with van der Waals surface area (Å²) < 4.78 is 41.2. The Morgan fingerprint density at radius 2 is 1.89 bits per heavy atom. The second-order valence-electron chi connectivity index (χ2n) is 5.17. The maximum absolute atomic E-state index is 14.3. The van der Waals surface area contributed by atoms with Gasteiger partial charge in [0, 0.05) is 19.4 Å². The number of rotatable bonds is 2. The number of anilines is 1. The average molecular weight is 272 g/mol. The smallest absolute Gasteiger partial charge is 0.253 e. The van der Waals surface area contributed by atoms with E-state index in [1.54, 1.807) is 31.9 Å². The minimum Gasteiger partial charge on any atom is -0.353 e. The fourth-order valence-electron chi connectivity index (χ4n) is 2.58. The summed E-state index contributed by atoms with van der Waals surface area (Å²) in [6, 6.07) is 3.54. The number of aryl methyl sites for hydroxylation is 2. The molecule has 0 bridgehead atoms. The van der Waals surface area contributed by atoms with Crippen LogP contribution in [0.15, 0.2) is 12.1 Å². The Labute approximate surface area is 111 Å². The van der Waals surface area contributed by atoms with E-state index in [1.165, 1.54) is 0 Å². The van der Waals surface area contributed by atoms with Gasteiger partial charge < -0.3 is 10.2 Å². The summed E-state index contributed by atoms with van der Waals surface area (Å²) in [6.45, 7) is 3.64. The molecule has 1 saturated heterocycles.